The summed E-state index contributed by atoms with van der Waals surface area (Å²) < 4.78 is 23.1. The Hall–Kier alpha value is -0.976. The molecule has 4 N–H and O–H groups in total. The van der Waals surface area contributed by atoms with Crippen molar-refractivity contribution in [2.24, 2.45) is 10.8 Å². The van der Waals surface area contributed by atoms with Crippen molar-refractivity contribution in [3.05, 3.63) is 0 Å². The van der Waals surface area contributed by atoms with Gasteiger partial charge in [-0.2, -0.15) is 27.0 Å². The van der Waals surface area contributed by atoms with Gasteiger partial charge in [0.1, 0.15) is 11.2 Å². The quantitative estimate of drug-likeness (QED) is 0.126. The van der Waals surface area contributed by atoms with Crippen LogP contribution in [0.3, 0.4) is 0 Å². The van der Waals surface area contributed by atoms with E-state index >= 15 is 0 Å². The summed E-state index contributed by atoms with van der Waals surface area (Å²) in [6, 6.07) is -0.633. The Bertz CT molecular complexity index is 1060. The van der Waals surface area contributed by atoms with Gasteiger partial charge < -0.3 is 39.2 Å². The first-order chi connectivity index (χ1) is 21.4. The zero-order valence-electron chi connectivity index (χ0n) is 35.9. The molecule has 0 heterocycles. The highest BCUT2D eigenvalue weighted by molar-refractivity contribution is 7.59. The number of carbonyl (C=O) groups excluding carboxylic acids is 2. The van der Waals surface area contributed by atoms with E-state index in [1.807, 2.05) is 34.6 Å². The number of rotatable bonds is 14. The lowest BCUT2D eigenvalue weighted by Crippen LogP contribution is -2.49. The minimum absolute atomic E-state index is 0. The van der Waals surface area contributed by atoms with Crippen molar-refractivity contribution in [1.29, 1.82) is 0 Å². The molecule has 0 aromatic carbocycles. The average Bonchev–Trinajstić information content (AvgIpc) is 2.82. The highest BCUT2D eigenvalue weighted by Gasteiger charge is 2.40. The lowest BCUT2D eigenvalue weighted by Gasteiger charge is -2.38. The molecule has 0 aliphatic carbocycles. The highest BCUT2D eigenvalue weighted by Crippen LogP contribution is 2.38. The van der Waals surface area contributed by atoms with Gasteiger partial charge in [0.15, 0.2) is 16.6 Å². The number of aliphatic hydroxyl groups is 1. The topological polar surface area (TPSA) is 153 Å². The summed E-state index contributed by atoms with van der Waals surface area (Å²) in [6.07, 6.45) is -0.120. The fourth-order valence-electron chi connectivity index (χ4n) is 3.74. The second-order valence-electron chi connectivity index (χ2n) is 19.7. The monoisotopic (exact) mass is 804 g/mol. The van der Waals surface area contributed by atoms with Gasteiger partial charge in [0.2, 0.25) is 0 Å². The van der Waals surface area contributed by atoms with Crippen LogP contribution < -0.4 is 10.6 Å². The Morgan fingerprint density at radius 1 is 0.588 bits per heavy atom. The molecule has 11 nitrogen and oxygen atoms in total. The molecule has 0 spiro atoms. The van der Waals surface area contributed by atoms with E-state index < -0.39 is 57.4 Å². The summed E-state index contributed by atoms with van der Waals surface area (Å²) in [6.45, 7) is 40.5. The number of alkyl carbamates (subject to hydrolysis) is 2. The molecule has 2 amide bonds. The minimum Gasteiger partial charge on any atom is -0.481 e. The first-order valence-electron chi connectivity index (χ1n) is 17.5. The Kier molecular flexibility index (Phi) is 23.6. The van der Waals surface area contributed by atoms with Crippen LogP contribution in [0.1, 0.15) is 124 Å². The second kappa shape index (κ2) is 21.2. The number of hydrogen-bond donors (Lipinski definition) is 4. The molecule has 2 atom stereocenters. The average molecular weight is 805 g/mol. The molecule has 0 aromatic heterocycles. The van der Waals surface area contributed by atoms with Gasteiger partial charge >= 0.3 is 18.2 Å². The molecule has 0 saturated heterocycles. The maximum absolute atomic E-state index is 12.1. The van der Waals surface area contributed by atoms with E-state index in [1.54, 1.807) is 34.6 Å². The molecule has 0 bridgehead atoms. The molecule has 15 heteroatoms. The Morgan fingerprint density at radius 3 is 1.12 bits per heavy atom. The number of carbonyl (C=O) groups is 3. The molecule has 0 aliphatic rings. The van der Waals surface area contributed by atoms with E-state index in [1.165, 1.54) is 0 Å². The molecule has 0 aromatic rings. The largest absolute Gasteiger partial charge is 0.481 e. The van der Waals surface area contributed by atoms with E-state index in [0.29, 0.717) is 13.0 Å². The maximum Gasteiger partial charge on any atom is 0.407 e. The van der Waals surface area contributed by atoms with Crippen LogP contribution in [-0.2, 0) is 23.1 Å². The number of aliphatic carboxylic acids is 1. The third-order valence-electron chi connectivity index (χ3n) is 8.91. The summed E-state index contributed by atoms with van der Waals surface area (Å²) in [5, 5.41) is 24.8. The van der Waals surface area contributed by atoms with Crippen LogP contribution in [0.5, 0.6) is 0 Å². The van der Waals surface area contributed by atoms with Crippen molar-refractivity contribution in [2.45, 2.75) is 183 Å². The Morgan fingerprint density at radius 2 is 0.882 bits per heavy atom. The van der Waals surface area contributed by atoms with E-state index in [2.05, 4.69) is 78.4 Å². The van der Waals surface area contributed by atoms with Crippen molar-refractivity contribution in [1.82, 2.24) is 10.6 Å². The standard InChI is InChI=1S/C18H37NO5Si.C18H39NO4Si.2H2S/c1-16(2,3)24-15(22)19-13(11-18(7,8)14(20)21)12-23-25(9,10)17(4,5)6;1-16(2,3)23-15(21)19-14(11-18(7,8)13-20)12-22-24(9,10)17(4,5)6;;/h13H,11-12H2,1-10H3,(H,19,22)(H,20,21);14,20H,11-13H2,1-10H3,(H,19,21);2*1H2/t13-;14-;;/m00../s1. The Labute approximate surface area is 328 Å². The van der Waals surface area contributed by atoms with Crippen molar-refractivity contribution >= 4 is 61.8 Å². The predicted octanol–water partition coefficient (Wildman–Crippen LogP) is 8.94. The zero-order valence-corrected chi connectivity index (χ0v) is 39.9. The molecule has 0 radical (unpaired) electrons. The normalized spacial score (nSPS) is 14.4. The first-order valence-corrected chi connectivity index (χ1v) is 23.3. The van der Waals surface area contributed by atoms with Crippen molar-refractivity contribution in [3.8, 4) is 0 Å². The van der Waals surface area contributed by atoms with Crippen molar-refractivity contribution < 1.29 is 42.9 Å². The minimum atomic E-state index is -2.01. The molecular formula is C36H80N2O9S2Si2. The van der Waals surface area contributed by atoms with Gasteiger partial charge in [0.25, 0.3) is 0 Å². The lowest BCUT2D eigenvalue weighted by molar-refractivity contribution is -0.147. The predicted molar refractivity (Wildman–Crippen MR) is 225 cm³/mol. The fourth-order valence-corrected chi connectivity index (χ4v) is 5.84. The van der Waals surface area contributed by atoms with E-state index in [9.17, 15) is 24.6 Å². The fraction of sp³-hybridized carbons (Fsp3) is 0.917. The van der Waals surface area contributed by atoms with Crippen LogP contribution in [0.15, 0.2) is 0 Å². The van der Waals surface area contributed by atoms with Crippen molar-refractivity contribution in [3.63, 3.8) is 0 Å². The third-order valence-corrected chi connectivity index (χ3v) is 17.9. The van der Waals surface area contributed by atoms with Gasteiger partial charge in [-0.25, -0.2) is 9.59 Å². The van der Waals surface area contributed by atoms with Crippen LogP contribution in [0.4, 0.5) is 9.59 Å². The van der Waals surface area contributed by atoms with Crippen molar-refractivity contribution in [2.75, 3.05) is 19.8 Å². The summed E-state index contributed by atoms with van der Waals surface area (Å²) in [5.74, 6) is -0.907. The van der Waals surface area contributed by atoms with Crippen LogP contribution in [0, 0.1) is 10.8 Å². The molecule has 0 rings (SSSR count). The smallest absolute Gasteiger partial charge is 0.407 e. The number of nitrogens with one attached hydrogen (secondary N) is 2. The van der Waals surface area contributed by atoms with Gasteiger partial charge in [-0.3, -0.25) is 4.79 Å². The molecule has 0 aliphatic heterocycles. The number of aliphatic hydroxyl groups excluding tert-OH is 1. The van der Waals surface area contributed by atoms with Crippen LogP contribution in [-0.4, -0.2) is 88.1 Å². The first kappa shape index (κ1) is 56.8. The van der Waals surface area contributed by atoms with E-state index in [-0.39, 0.29) is 68.2 Å². The number of carboxylic acid groups (broad SMARTS) is 1. The highest BCUT2D eigenvalue weighted by atomic mass is 32.1. The van der Waals surface area contributed by atoms with Crippen LogP contribution in [0.2, 0.25) is 36.3 Å². The number of hydrogen-bond acceptors (Lipinski definition) is 8. The SMILES string of the molecule is CC(C)(C)OC(=O)N[C@H](CO[Si](C)(C)C(C)(C)C)CC(C)(C)C(=O)O.CC(C)(CO)C[C@@H](CO[Si](C)(C)C(C)(C)C)NC(=O)OC(C)(C)C.S.S. The van der Waals surface area contributed by atoms with Gasteiger partial charge in [-0.05, 0) is 110 Å². The molecule has 0 saturated carbocycles. The summed E-state index contributed by atoms with van der Waals surface area (Å²) in [5.41, 5.74) is -2.43. The second-order valence-corrected chi connectivity index (χ2v) is 29.4. The number of ether oxygens (including phenoxy) is 2. The number of amides is 2. The van der Waals surface area contributed by atoms with Crippen LogP contribution in [0.25, 0.3) is 0 Å². The molecule has 0 fully saturated rings. The van der Waals surface area contributed by atoms with E-state index in [0.717, 1.165) is 0 Å². The molecule has 0 unspecified atom stereocenters. The van der Waals surface area contributed by atoms with Gasteiger partial charge in [0.05, 0.1) is 30.7 Å². The molecule has 308 valence electrons. The van der Waals surface area contributed by atoms with Gasteiger partial charge in [0, 0.05) is 6.61 Å². The summed E-state index contributed by atoms with van der Waals surface area (Å²) >= 11 is 0. The van der Waals surface area contributed by atoms with Crippen LogP contribution >= 0.6 is 27.0 Å². The van der Waals surface area contributed by atoms with E-state index in [4.69, 9.17) is 18.3 Å². The van der Waals surface area contributed by atoms with Gasteiger partial charge in [-0.1, -0.05) is 55.4 Å². The third kappa shape index (κ3) is 24.9. The molecular weight excluding hydrogens is 725 g/mol. The molecule has 51 heavy (non-hydrogen) atoms. The maximum atomic E-state index is 12.1. The van der Waals surface area contributed by atoms with Gasteiger partial charge in [-0.15, -0.1) is 0 Å². The summed E-state index contributed by atoms with van der Waals surface area (Å²) in [7, 11) is -3.91. The Balaban J connectivity index is -0.000000417. The zero-order chi connectivity index (χ0) is 39.7. The summed E-state index contributed by atoms with van der Waals surface area (Å²) in [4.78, 5) is 35.7. The lowest BCUT2D eigenvalue weighted by atomic mass is 9.86. The number of carboxylic acids is 1.